The van der Waals surface area contributed by atoms with Crippen LogP contribution in [0.15, 0.2) is 67.0 Å². The molecule has 0 spiro atoms. The molecule has 27 heavy (non-hydrogen) atoms. The van der Waals surface area contributed by atoms with E-state index in [9.17, 15) is 9.18 Å². The Hall–Kier alpha value is -3.28. The zero-order valence-corrected chi connectivity index (χ0v) is 15.3. The third-order valence-electron chi connectivity index (χ3n) is 4.08. The standard InChI is InChI=1S/C21H21FN4O/c1-15(2)26(14-16-6-4-3-5-7-16)20(27)17-12-23-21(24-13-17)25-19-10-8-18(22)9-11-19/h3-13,15H,14H2,1-2H3,(H,23,24,25). The number of carbonyl (C=O) groups excluding carboxylic acids is 1. The lowest BCUT2D eigenvalue weighted by molar-refractivity contribution is 0.0689. The largest absolute Gasteiger partial charge is 0.332 e. The summed E-state index contributed by atoms with van der Waals surface area (Å²) < 4.78 is 13.0. The van der Waals surface area contributed by atoms with E-state index in [1.54, 1.807) is 17.0 Å². The van der Waals surface area contributed by atoms with Crippen LogP contribution in [0.25, 0.3) is 0 Å². The number of anilines is 2. The number of benzene rings is 2. The quantitative estimate of drug-likeness (QED) is 0.704. The molecule has 0 aliphatic carbocycles. The van der Waals surface area contributed by atoms with Crippen LogP contribution >= 0.6 is 0 Å². The molecule has 1 heterocycles. The van der Waals surface area contributed by atoms with E-state index in [1.807, 2.05) is 44.2 Å². The van der Waals surface area contributed by atoms with Crippen LogP contribution in [0, 0.1) is 5.82 Å². The molecule has 0 saturated heterocycles. The maximum absolute atomic E-state index is 13.0. The molecule has 0 aliphatic rings. The molecule has 0 saturated carbocycles. The monoisotopic (exact) mass is 364 g/mol. The number of rotatable bonds is 6. The molecule has 0 bridgehead atoms. The number of amides is 1. The van der Waals surface area contributed by atoms with Crippen molar-refractivity contribution in [3.63, 3.8) is 0 Å². The lowest BCUT2D eigenvalue weighted by Gasteiger charge is -2.26. The van der Waals surface area contributed by atoms with Crippen LogP contribution in [0.1, 0.15) is 29.8 Å². The molecule has 1 aromatic heterocycles. The molecule has 0 fully saturated rings. The second kappa shape index (κ2) is 8.40. The zero-order chi connectivity index (χ0) is 19.2. The maximum atomic E-state index is 13.0. The Morgan fingerprint density at radius 1 is 1.04 bits per heavy atom. The van der Waals surface area contributed by atoms with E-state index in [0.29, 0.717) is 23.7 Å². The van der Waals surface area contributed by atoms with E-state index < -0.39 is 0 Å². The van der Waals surface area contributed by atoms with E-state index in [1.165, 1.54) is 24.5 Å². The predicted octanol–water partition coefficient (Wildman–Crippen LogP) is 4.41. The van der Waals surface area contributed by atoms with Crippen LogP contribution in [0.3, 0.4) is 0 Å². The fraction of sp³-hybridized carbons (Fsp3) is 0.190. The normalized spacial score (nSPS) is 10.7. The molecular weight excluding hydrogens is 343 g/mol. The van der Waals surface area contributed by atoms with Crippen LogP contribution in [-0.4, -0.2) is 26.8 Å². The van der Waals surface area contributed by atoms with Gasteiger partial charge in [-0.2, -0.15) is 0 Å². The summed E-state index contributed by atoms with van der Waals surface area (Å²) >= 11 is 0. The number of aromatic nitrogens is 2. The summed E-state index contributed by atoms with van der Waals surface area (Å²) in [6.45, 7) is 4.48. The van der Waals surface area contributed by atoms with E-state index in [0.717, 1.165) is 5.56 Å². The number of halogens is 1. The molecule has 1 N–H and O–H groups in total. The van der Waals surface area contributed by atoms with E-state index >= 15 is 0 Å². The Morgan fingerprint density at radius 3 is 2.26 bits per heavy atom. The van der Waals surface area contributed by atoms with Crippen molar-refractivity contribution in [1.29, 1.82) is 0 Å². The highest BCUT2D eigenvalue weighted by Gasteiger charge is 2.20. The van der Waals surface area contributed by atoms with Crippen molar-refractivity contribution in [1.82, 2.24) is 14.9 Å². The summed E-state index contributed by atoms with van der Waals surface area (Å²) in [4.78, 5) is 23.1. The first-order chi connectivity index (χ1) is 13.0. The fourth-order valence-electron chi connectivity index (χ4n) is 2.60. The summed E-state index contributed by atoms with van der Waals surface area (Å²) in [5.74, 6) is -0.0888. The minimum Gasteiger partial charge on any atom is -0.332 e. The smallest absolute Gasteiger partial charge is 0.257 e. The first-order valence-electron chi connectivity index (χ1n) is 8.72. The maximum Gasteiger partial charge on any atom is 0.257 e. The summed E-state index contributed by atoms with van der Waals surface area (Å²) in [5.41, 5.74) is 2.16. The third-order valence-corrected chi connectivity index (χ3v) is 4.08. The van der Waals surface area contributed by atoms with Crippen molar-refractivity contribution >= 4 is 17.5 Å². The molecular formula is C21H21FN4O. The second-order valence-electron chi connectivity index (χ2n) is 6.44. The van der Waals surface area contributed by atoms with Gasteiger partial charge in [0.25, 0.3) is 5.91 Å². The van der Waals surface area contributed by atoms with Gasteiger partial charge in [0.15, 0.2) is 0 Å². The van der Waals surface area contributed by atoms with Crippen LogP contribution in [-0.2, 0) is 6.54 Å². The molecule has 0 unspecified atom stereocenters. The van der Waals surface area contributed by atoms with E-state index in [-0.39, 0.29) is 17.8 Å². The molecule has 0 atom stereocenters. The molecule has 138 valence electrons. The molecule has 1 amide bonds. The lowest BCUT2D eigenvalue weighted by Crippen LogP contribution is -2.36. The van der Waals surface area contributed by atoms with Gasteiger partial charge in [-0.25, -0.2) is 14.4 Å². The van der Waals surface area contributed by atoms with E-state index in [2.05, 4.69) is 15.3 Å². The van der Waals surface area contributed by atoms with Crippen LogP contribution in [0.2, 0.25) is 0 Å². The van der Waals surface area contributed by atoms with Crippen molar-refractivity contribution in [2.45, 2.75) is 26.4 Å². The topological polar surface area (TPSA) is 58.1 Å². The first-order valence-corrected chi connectivity index (χ1v) is 8.72. The minimum atomic E-state index is -0.311. The van der Waals surface area contributed by atoms with E-state index in [4.69, 9.17) is 0 Å². The van der Waals surface area contributed by atoms with Gasteiger partial charge in [-0.1, -0.05) is 30.3 Å². The highest BCUT2D eigenvalue weighted by molar-refractivity contribution is 5.93. The average molecular weight is 364 g/mol. The molecule has 0 aliphatic heterocycles. The molecule has 2 aromatic carbocycles. The molecule has 5 nitrogen and oxygen atoms in total. The van der Waals surface area contributed by atoms with Gasteiger partial charge in [-0.05, 0) is 43.7 Å². The first kappa shape index (κ1) is 18.5. The summed E-state index contributed by atoms with van der Waals surface area (Å²) in [5, 5.41) is 2.98. The fourth-order valence-corrected chi connectivity index (χ4v) is 2.60. The van der Waals surface area contributed by atoms with Crippen LogP contribution in [0.4, 0.5) is 16.0 Å². The van der Waals surface area contributed by atoms with Crippen molar-refractivity contribution < 1.29 is 9.18 Å². The highest BCUT2D eigenvalue weighted by Crippen LogP contribution is 2.15. The summed E-state index contributed by atoms with van der Waals surface area (Å²) in [7, 11) is 0. The summed E-state index contributed by atoms with van der Waals surface area (Å²) in [6, 6.07) is 15.8. The molecule has 0 radical (unpaired) electrons. The zero-order valence-electron chi connectivity index (χ0n) is 15.3. The van der Waals surface area contributed by atoms with Gasteiger partial charge in [0.1, 0.15) is 5.82 Å². The number of hydrogen-bond acceptors (Lipinski definition) is 4. The number of nitrogens with one attached hydrogen (secondary N) is 1. The Labute approximate surface area is 157 Å². The third kappa shape index (κ3) is 4.88. The Bertz CT molecular complexity index is 880. The highest BCUT2D eigenvalue weighted by atomic mass is 19.1. The lowest BCUT2D eigenvalue weighted by atomic mass is 10.1. The van der Waals surface area contributed by atoms with Gasteiger partial charge in [-0.15, -0.1) is 0 Å². The minimum absolute atomic E-state index is 0.0368. The van der Waals surface area contributed by atoms with Gasteiger partial charge in [0.2, 0.25) is 5.95 Å². The Kier molecular flexibility index (Phi) is 5.76. The van der Waals surface area contributed by atoms with Gasteiger partial charge in [0.05, 0.1) is 5.56 Å². The van der Waals surface area contributed by atoms with Gasteiger partial charge in [0, 0.05) is 30.7 Å². The number of hydrogen-bond donors (Lipinski definition) is 1. The van der Waals surface area contributed by atoms with Crippen molar-refractivity contribution in [3.05, 3.63) is 83.9 Å². The average Bonchev–Trinajstić information content (AvgIpc) is 2.68. The molecule has 3 aromatic rings. The van der Waals surface area contributed by atoms with Gasteiger partial charge in [-0.3, -0.25) is 4.79 Å². The van der Waals surface area contributed by atoms with Crippen LogP contribution < -0.4 is 5.32 Å². The van der Waals surface area contributed by atoms with Crippen molar-refractivity contribution in [2.75, 3.05) is 5.32 Å². The molecule has 3 rings (SSSR count). The Balaban J connectivity index is 1.72. The van der Waals surface area contributed by atoms with Gasteiger partial charge < -0.3 is 10.2 Å². The van der Waals surface area contributed by atoms with Gasteiger partial charge >= 0.3 is 0 Å². The summed E-state index contributed by atoms with van der Waals surface area (Å²) in [6.07, 6.45) is 3.00. The number of carbonyl (C=O) groups is 1. The Morgan fingerprint density at radius 2 is 1.67 bits per heavy atom. The SMILES string of the molecule is CC(C)N(Cc1ccccc1)C(=O)c1cnc(Nc2ccc(F)cc2)nc1. The predicted molar refractivity (Wildman–Crippen MR) is 103 cm³/mol. The second-order valence-corrected chi connectivity index (χ2v) is 6.44. The van der Waals surface area contributed by atoms with Crippen LogP contribution in [0.5, 0.6) is 0 Å². The molecule has 6 heteroatoms. The van der Waals surface area contributed by atoms with Crippen molar-refractivity contribution in [2.24, 2.45) is 0 Å². The van der Waals surface area contributed by atoms with Crippen molar-refractivity contribution in [3.8, 4) is 0 Å². The number of nitrogens with zero attached hydrogens (tertiary/aromatic N) is 3.